The predicted molar refractivity (Wildman–Crippen MR) is 190 cm³/mol. The lowest BCUT2D eigenvalue weighted by atomic mass is 10.0. The summed E-state index contributed by atoms with van der Waals surface area (Å²) < 4.78 is 6.36. The maximum Gasteiger partial charge on any atom is 0.318 e. The first-order valence-electron chi connectivity index (χ1n) is 17.4. The van der Waals surface area contributed by atoms with Crippen LogP contribution in [0.2, 0.25) is 0 Å². The first kappa shape index (κ1) is 34.4. The van der Waals surface area contributed by atoms with Gasteiger partial charge in [-0.1, -0.05) is 62.1 Å². The van der Waals surface area contributed by atoms with Crippen LogP contribution in [0.4, 0.5) is 11.5 Å². The van der Waals surface area contributed by atoms with Crippen LogP contribution in [0.1, 0.15) is 63.6 Å². The number of nitriles is 1. The molecule has 0 saturated carbocycles. The Kier molecular flexibility index (Phi) is 12.7. The van der Waals surface area contributed by atoms with Crippen molar-refractivity contribution in [1.82, 2.24) is 19.8 Å². The van der Waals surface area contributed by atoms with Crippen LogP contribution in [-0.2, 0) is 13.0 Å². The number of nitrogens with zero attached hydrogens (tertiary/aromatic N) is 7. The smallest absolute Gasteiger partial charge is 0.318 e. The number of likely N-dealkylation sites (N-methyl/N-ethyl adjacent to an activating group) is 1. The number of hydrogen-bond donors (Lipinski definition) is 1. The molecule has 1 aromatic heterocycles. The average Bonchev–Trinajstić information content (AvgIpc) is 3.52. The van der Waals surface area contributed by atoms with Crippen molar-refractivity contribution in [3.05, 3.63) is 53.7 Å². The van der Waals surface area contributed by atoms with E-state index in [9.17, 15) is 5.26 Å². The molecule has 0 bridgehead atoms. The molecule has 3 aliphatic rings. The van der Waals surface area contributed by atoms with E-state index >= 15 is 0 Å². The summed E-state index contributed by atoms with van der Waals surface area (Å²) in [4.78, 5) is 19.9. The molecule has 9 heteroatoms. The first-order valence-corrected chi connectivity index (χ1v) is 17.4. The van der Waals surface area contributed by atoms with Crippen molar-refractivity contribution in [2.75, 3.05) is 69.3 Å². The highest BCUT2D eigenvalue weighted by atomic mass is 16.5. The summed E-state index contributed by atoms with van der Waals surface area (Å²) in [5.74, 6) is 5.95. The van der Waals surface area contributed by atoms with Gasteiger partial charge in [-0.25, -0.2) is 0 Å². The molecule has 0 aliphatic carbocycles. The lowest BCUT2D eigenvalue weighted by molar-refractivity contribution is 0.173. The molecule has 3 aromatic rings. The van der Waals surface area contributed by atoms with Gasteiger partial charge in [0, 0.05) is 54.9 Å². The molecule has 9 nitrogen and oxygen atoms in total. The van der Waals surface area contributed by atoms with Crippen LogP contribution in [0.5, 0.6) is 6.01 Å². The molecule has 250 valence electrons. The Hall–Kier alpha value is -3.89. The molecular weight excluding hydrogens is 586 g/mol. The molecule has 0 radical (unpaired) electrons. The van der Waals surface area contributed by atoms with E-state index in [1.165, 1.54) is 47.7 Å². The standard InChI is InChI=1S/C34H45N7O.C4H6O/c1-3-4-7-19-39-21-22-41(23-27(39)15-17-35)33-30-16-20-40(32-14-8-11-26-10-5-6-13-29(26)32)24-31(30)36-34(37-33)42-25-28-12-9-18-38(28)2;1-2-3-4-5/h5-6,8,10-11,13-14,27-28H,3-4,7,9,12,15-16,18-25H2,1-2H3;5H,4H2,1H3. The SMILES string of the molecule is CC#CCO.CCCCCN1CCN(c2nc(OCC3CCCN3C)nc3c2CCN(c2cccc4ccccc24)C3)CC1CC#N. The third-order valence-electron chi connectivity index (χ3n) is 9.74. The van der Waals surface area contributed by atoms with E-state index in [0.717, 1.165) is 70.2 Å². The van der Waals surface area contributed by atoms with Crippen LogP contribution in [-0.4, -0.2) is 96.5 Å². The monoisotopic (exact) mass is 637 g/mol. The highest BCUT2D eigenvalue weighted by Gasteiger charge is 2.32. The lowest BCUT2D eigenvalue weighted by Crippen LogP contribution is -2.54. The van der Waals surface area contributed by atoms with Crippen LogP contribution < -0.4 is 14.5 Å². The molecule has 2 atom stereocenters. The van der Waals surface area contributed by atoms with Gasteiger partial charge in [0.15, 0.2) is 0 Å². The first-order chi connectivity index (χ1) is 23.1. The van der Waals surface area contributed by atoms with Gasteiger partial charge in [0.05, 0.1) is 24.7 Å². The molecule has 6 rings (SSSR count). The number of hydrogen-bond acceptors (Lipinski definition) is 9. The Labute approximate surface area is 281 Å². The van der Waals surface area contributed by atoms with Crippen molar-refractivity contribution in [2.24, 2.45) is 0 Å². The summed E-state index contributed by atoms with van der Waals surface area (Å²) in [6.07, 6.45) is 7.44. The van der Waals surface area contributed by atoms with E-state index in [1.807, 2.05) is 0 Å². The second kappa shape index (κ2) is 17.3. The van der Waals surface area contributed by atoms with Crippen molar-refractivity contribution >= 4 is 22.3 Å². The van der Waals surface area contributed by atoms with Gasteiger partial charge >= 0.3 is 6.01 Å². The summed E-state index contributed by atoms with van der Waals surface area (Å²) in [5.41, 5.74) is 3.56. The molecule has 3 aliphatic heterocycles. The summed E-state index contributed by atoms with van der Waals surface area (Å²) >= 11 is 0. The third kappa shape index (κ3) is 8.73. The van der Waals surface area contributed by atoms with E-state index in [1.54, 1.807) is 6.92 Å². The number of rotatable bonds is 10. The maximum atomic E-state index is 9.66. The summed E-state index contributed by atoms with van der Waals surface area (Å²) in [6.45, 7) is 11.1. The fraction of sp³-hybridized carbons (Fsp3) is 0.553. The number of aromatic nitrogens is 2. The minimum absolute atomic E-state index is 0.0174. The molecule has 2 fully saturated rings. The fourth-order valence-corrected chi connectivity index (χ4v) is 7.09. The highest BCUT2D eigenvalue weighted by molar-refractivity contribution is 5.94. The van der Waals surface area contributed by atoms with Gasteiger partial charge in [-0.2, -0.15) is 15.2 Å². The number of piperazine rings is 1. The molecule has 2 aromatic carbocycles. The molecular formula is C38H51N7O2. The van der Waals surface area contributed by atoms with Gasteiger partial charge in [0.2, 0.25) is 0 Å². The number of ether oxygens (including phenoxy) is 1. The van der Waals surface area contributed by atoms with Crippen molar-refractivity contribution in [3.8, 4) is 23.9 Å². The van der Waals surface area contributed by atoms with Crippen molar-refractivity contribution < 1.29 is 9.84 Å². The Morgan fingerprint density at radius 3 is 2.60 bits per heavy atom. The van der Waals surface area contributed by atoms with Crippen LogP contribution in [0.15, 0.2) is 42.5 Å². The van der Waals surface area contributed by atoms with E-state index in [0.29, 0.717) is 25.1 Å². The Morgan fingerprint density at radius 1 is 1.00 bits per heavy atom. The number of aliphatic hydroxyl groups excluding tert-OH is 1. The summed E-state index contributed by atoms with van der Waals surface area (Å²) in [7, 11) is 2.18. The number of benzene rings is 2. The van der Waals surface area contributed by atoms with E-state index in [4.69, 9.17) is 19.8 Å². The lowest BCUT2D eigenvalue weighted by Gasteiger charge is -2.42. The van der Waals surface area contributed by atoms with Gasteiger partial charge < -0.3 is 24.5 Å². The Bertz CT molecular complexity index is 1560. The van der Waals surface area contributed by atoms with Gasteiger partial charge in [-0.15, -0.1) is 5.92 Å². The number of fused-ring (bicyclic) bond motifs is 2. The zero-order chi connectivity index (χ0) is 33.0. The molecule has 2 saturated heterocycles. The molecule has 0 amide bonds. The molecule has 1 N–H and O–H groups in total. The fourth-order valence-electron chi connectivity index (χ4n) is 7.09. The van der Waals surface area contributed by atoms with Crippen LogP contribution in [0.25, 0.3) is 10.8 Å². The van der Waals surface area contributed by atoms with E-state index in [-0.39, 0.29) is 12.6 Å². The number of likely N-dealkylation sites (tertiary alicyclic amines) is 1. The molecule has 0 spiro atoms. The largest absolute Gasteiger partial charge is 0.462 e. The van der Waals surface area contributed by atoms with Gasteiger partial charge in [-0.05, 0) is 64.2 Å². The second-order valence-electron chi connectivity index (χ2n) is 12.8. The van der Waals surface area contributed by atoms with Gasteiger partial charge in [-0.3, -0.25) is 4.90 Å². The third-order valence-corrected chi connectivity index (χ3v) is 9.74. The van der Waals surface area contributed by atoms with Gasteiger partial charge in [0.25, 0.3) is 0 Å². The van der Waals surface area contributed by atoms with Gasteiger partial charge in [0.1, 0.15) is 19.0 Å². The maximum absolute atomic E-state index is 9.66. The van der Waals surface area contributed by atoms with Crippen LogP contribution in [0, 0.1) is 23.2 Å². The van der Waals surface area contributed by atoms with E-state index in [2.05, 4.69) is 93.9 Å². The van der Waals surface area contributed by atoms with Crippen LogP contribution in [0.3, 0.4) is 0 Å². The Balaban J connectivity index is 0.000000807. The average molecular weight is 638 g/mol. The van der Waals surface area contributed by atoms with Crippen molar-refractivity contribution in [3.63, 3.8) is 0 Å². The number of unbranched alkanes of at least 4 members (excludes halogenated alkanes) is 2. The zero-order valence-electron chi connectivity index (χ0n) is 28.5. The molecule has 47 heavy (non-hydrogen) atoms. The normalized spacial score (nSPS) is 19.7. The summed E-state index contributed by atoms with van der Waals surface area (Å²) in [6, 6.07) is 18.8. The van der Waals surface area contributed by atoms with Crippen LogP contribution >= 0.6 is 0 Å². The highest BCUT2D eigenvalue weighted by Crippen LogP contribution is 2.35. The minimum atomic E-state index is -0.0174. The molecule has 4 heterocycles. The molecule has 2 unspecified atom stereocenters. The topological polar surface area (TPSA) is 92.0 Å². The summed E-state index contributed by atoms with van der Waals surface area (Å²) in [5, 5.41) is 20.1. The van der Waals surface area contributed by atoms with E-state index < -0.39 is 0 Å². The number of aliphatic hydroxyl groups is 1. The number of anilines is 2. The minimum Gasteiger partial charge on any atom is -0.462 e. The Morgan fingerprint density at radius 2 is 1.85 bits per heavy atom. The zero-order valence-corrected chi connectivity index (χ0v) is 28.5. The van der Waals surface area contributed by atoms with Crippen molar-refractivity contribution in [1.29, 1.82) is 5.26 Å². The quantitative estimate of drug-likeness (QED) is 0.236. The second-order valence-corrected chi connectivity index (χ2v) is 12.8. The van der Waals surface area contributed by atoms with Crippen molar-refractivity contribution in [2.45, 2.75) is 77.4 Å². The predicted octanol–water partition coefficient (Wildman–Crippen LogP) is 5.26.